The van der Waals surface area contributed by atoms with Crippen LogP contribution in [-0.4, -0.2) is 177 Å². The quantitative estimate of drug-likeness (QED) is 0.0238. The highest BCUT2D eigenvalue weighted by molar-refractivity contribution is 8.54. The molecule has 500 valence electrons. The van der Waals surface area contributed by atoms with E-state index in [-0.39, 0.29) is 82.0 Å². The van der Waals surface area contributed by atoms with Gasteiger partial charge in [0, 0.05) is 50.9 Å². The molecular formula is C56H71F2N11O18P2S3. The Bertz CT molecular complexity index is 3720. The number of alkyl halides is 2. The van der Waals surface area contributed by atoms with Gasteiger partial charge in [0.2, 0.25) is 29.9 Å². The molecule has 4 amide bonds. The van der Waals surface area contributed by atoms with Crippen LogP contribution in [0.2, 0.25) is 0 Å². The zero-order valence-electron chi connectivity index (χ0n) is 50.9. The lowest BCUT2D eigenvalue weighted by molar-refractivity contribution is -0.241. The van der Waals surface area contributed by atoms with Crippen LogP contribution < -0.4 is 20.9 Å². The lowest BCUT2D eigenvalue weighted by Gasteiger charge is -2.42. The number of imide groups is 1. The van der Waals surface area contributed by atoms with Crippen molar-refractivity contribution in [2.24, 2.45) is 11.8 Å². The summed E-state index contributed by atoms with van der Waals surface area (Å²) in [6, 6.07) is 4.53. The molecule has 16 atom stereocenters. The smallest absolute Gasteiger partial charge is 0.389 e. The topological polar surface area (TPSA) is 357 Å². The maximum absolute atomic E-state index is 17.4. The number of Topliss-reactive ketones (excluding diaryl/α,β-unsaturated/α-hetero) is 1. The number of aromatic nitrogens is 8. The van der Waals surface area contributed by atoms with Gasteiger partial charge in [-0.3, -0.25) is 61.2 Å². The van der Waals surface area contributed by atoms with E-state index in [0.29, 0.717) is 79.8 Å². The third kappa shape index (κ3) is 15.8. The maximum atomic E-state index is 17.4. The molecule has 10 rings (SSSR count). The fourth-order valence-electron chi connectivity index (χ4n) is 11.5. The van der Waals surface area contributed by atoms with Crippen molar-refractivity contribution < 1.29 is 88.8 Å². The number of carbonyl (C=O) groups is 6. The maximum Gasteiger partial charge on any atom is 0.389 e. The zero-order valence-corrected chi connectivity index (χ0v) is 55.1. The minimum absolute atomic E-state index is 0.00630. The number of thioether (sulfide) groups is 1. The molecule has 0 spiro atoms. The van der Waals surface area contributed by atoms with E-state index < -0.39 is 124 Å². The first-order valence-corrected chi connectivity index (χ1v) is 36.9. The number of rotatable bonds is 23. The Labute approximate surface area is 539 Å². The summed E-state index contributed by atoms with van der Waals surface area (Å²) in [6.45, 7) is -2.30. The molecule has 0 saturated carbocycles. The van der Waals surface area contributed by atoms with Crippen molar-refractivity contribution in [1.82, 2.24) is 49.3 Å². The first-order chi connectivity index (χ1) is 43.9. The minimum atomic E-state index is -4.80. The van der Waals surface area contributed by atoms with Gasteiger partial charge < -0.3 is 48.7 Å². The van der Waals surface area contributed by atoms with Gasteiger partial charge >= 0.3 is 19.5 Å². The number of amides is 4. The number of carbonyl (C=O) groups excluding carboxylic acids is 6. The fraction of sp³-hybridized carbons (Fsp3) is 0.607. The van der Waals surface area contributed by atoms with Gasteiger partial charge in [0.05, 0.1) is 48.8 Å². The standard InChI is InChI=1S/C56H71F2N11O18P2S3/c1-28-29(2)47(81-32(5)71)56(85-46(28)31(4)70)84-35-16-15-33(19-34(35)66-40(73)14-9-7-11-17-59-39(72)13-10-8-12-18-67-41(74)20-38(91-6)53(67)76)23-92-89(78)80-22-37-48(42(57)54(83-37)69-27-65-45-51(69)62-25-63-52(45)75)86-88(77,90)79-21-36-49(87-89)43(58)55(82-36)68-26-64-44-30(3)60-24-61-50(44)68/h15-16,19,24-29,36-38,42-43,46-49,54-56H,7-14,17-18,20-23H2,1-6H3,(H,59,72)(H,66,73)(H,77,90)(H,62,63,75)/t28-,29-,36+,37+,38?,42+,43+,46?,47?,48+,49+,54+,55+,56+,88?,89?/m0/s1. The molecule has 5 aromatic rings. The number of aryl methyl sites for hydroxylation is 1. The van der Waals surface area contributed by atoms with E-state index in [1.54, 1.807) is 33.1 Å². The van der Waals surface area contributed by atoms with Crippen molar-refractivity contribution in [3.05, 3.63) is 65.1 Å². The van der Waals surface area contributed by atoms with Crippen molar-refractivity contribution in [3.63, 3.8) is 0 Å². The number of ether oxygens (including phenoxy) is 5. The van der Waals surface area contributed by atoms with Crippen molar-refractivity contribution in [2.45, 2.75) is 171 Å². The van der Waals surface area contributed by atoms with Crippen molar-refractivity contribution in [2.75, 3.05) is 37.9 Å². The number of imidazole rings is 2. The van der Waals surface area contributed by atoms with E-state index in [2.05, 4.69) is 40.5 Å². The molecular weight excluding hydrogens is 1310 g/mol. The zero-order chi connectivity index (χ0) is 65.8. The largest absolute Gasteiger partial charge is 0.459 e. The highest BCUT2D eigenvalue weighted by Crippen LogP contribution is 2.65. The van der Waals surface area contributed by atoms with Crippen LogP contribution in [0.4, 0.5) is 14.5 Å². The third-order valence-corrected chi connectivity index (χ3v) is 22.6. The number of benzene rings is 1. The number of esters is 1. The Kier molecular flexibility index (Phi) is 22.5. The second-order valence-corrected chi connectivity index (χ2v) is 30.7. The summed E-state index contributed by atoms with van der Waals surface area (Å²) in [6.07, 6.45) is -7.20. The van der Waals surface area contributed by atoms with Gasteiger partial charge in [0.25, 0.3) is 5.56 Å². The van der Waals surface area contributed by atoms with Crippen LogP contribution in [0.1, 0.15) is 109 Å². The van der Waals surface area contributed by atoms with Crippen LogP contribution in [-0.2, 0) is 87.9 Å². The Morgan fingerprint density at radius 1 is 0.837 bits per heavy atom. The number of halogens is 2. The Hall–Kier alpha value is -5.74. The van der Waals surface area contributed by atoms with Gasteiger partial charge in [-0.05, 0) is 92.6 Å². The summed E-state index contributed by atoms with van der Waals surface area (Å²) in [5, 5.41) is 5.44. The number of fused-ring (bicyclic) bond motifs is 4. The fourth-order valence-corrected chi connectivity index (χ4v) is 16.9. The predicted molar refractivity (Wildman–Crippen MR) is 330 cm³/mol. The molecule has 4 N–H and O–H groups in total. The number of unbranched alkanes of at least 4 members (excludes halogenated alkanes) is 4. The lowest BCUT2D eigenvalue weighted by Crippen LogP contribution is -2.55. The van der Waals surface area contributed by atoms with Crippen LogP contribution in [0.3, 0.4) is 0 Å². The molecule has 5 aliphatic heterocycles. The summed E-state index contributed by atoms with van der Waals surface area (Å²) < 4.78 is 107. The van der Waals surface area contributed by atoms with Crippen molar-refractivity contribution in [3.8, 4) is 5.75 Å². The Morgan fingerprint density at radius 3 is 2.18 bits per heavy atom. The summed E-state index contributed by atoms with van der Waals surface area (Å²) in [7, 11) is 0. The molecule has 0 radical (unpaired) electrons. The predicted octanol–water partition coefficient (Wildman–Crippen LogP) is 6.38. The molecule has 0 bridgehead atoms. The van der Waals surface area contributed by atoms with E-state index in [4.69, 9.17) is 53.6 Å². The number of nitrogens with one attached hydrogen (secondary N) is 3. The molecule has 4 aromatic heterocycles. The van der Waals surface area contributed by atoms with E-state index in [1.165, 1.54) is 59.9 Å². The van der Waals surface area contributed by atoms with Crippen LogP contribution in [0.15, 0.2) is 48.3 Å². The van der Waals surface area contributed by atoms with E-state index in [0.717, 1.165) is 17.2 Å². The number of nitrogens with zero attached hydrogens (tertiary/aromatic N) is 8. The normalized spacial score (nSPS) is 31.0. The second-order valence-electron chi connectivity index (χ2n) is 22.9. The number of likely N-dealkylation sites (tertiary alicyclic amines) is 1. The first-order valence-electron chi connectivity index (χ1n) is 29.9. The molecule has 0 aliphatic carbocycles. The first kappa shape index (κ1) is 69.1. The molecule has 1 aromatic carbocycles. The molecule has 5 unspecified atom stereocenters. The van der Waals surface area contributed by atoms with Gasteiger partial charge in [0.1, 0.15) is 48.1 Å². The lowest BCUT2D eigenvalue weighted by atomic mass is 9.82. The van der Waals surface area contributed by atoms with Gasteiger partial charge in [-0.15, -0.1) is 0 Å². The molecule has 5 fully saturated rings. The van der Waals surface area contributed by atoms with Gasteiger partial charge in [-0.1, -0.05) is 32.8 Å². The molecule has 29 nitrogen and oxygen atoms in total. The number of aromatic amines is 1. The van der Waals surface area contributed by atoms with E-state index >= 15 is 13.3 Å². The molecule has 5 saturated heterocycles. The number of hydrogen-bond acceptors (Lipinski definition) is 25. The monoisotopic (exact) mass is 1380 g/mol. The van der Waals surface area contributed by atoms with E-state index in [1.807, 2.05) is 0 Å². The molecule has 92 heavy (non-hydrogen) atoms. The number of hydrogen-bond donors (Lipinski definition) is 4. The van der Waals surface area contributed by atoms with Crippen molar-refractivity contribution in [1.29, 1.82) is 0 Å². The molecule has 5 aliphatic rings. The Morgan fingerprint density at radius 2 is 1.50 bits per heavy atom. The van der Waals surface area contributed by atoms with Crippen LogP contribution in [0.5, 0.6) is 5.75 Å². The summed E-state index contributed by atoms with van der Waals surface area (Å²) in [5.41, 5.74) is 0.555. The van der Waals surface area contributed by atoms with Crippen LogP contribution >= 0.6 is 36.7 Å². The van der Waals surface area contributed by atoms with Crippen LogP contribution in [0.25, 0.3) is 22.3 Å². The highest BCUT2D eigenvalue weighted by atomic mass is 32.7. The minimum Gasteiger partial charge on any atom is -0.459 e. The second kappa shape index (κ2) is 29.9. The SMILES string of the molecule is CSC1CC(=O)N(CCCCCC(=O)NCCCCCC(=O)Nc2cc(CSP3(=O)OC[C@H]4O[C@@H](n5cnc6c(=O)[nH]cnc65)[C@H](F)[C@@H]4OP(O)(=S)OC[C@H]4O[C@@H](n5cnc6c(C)ncnc65)[C@H](F)[C@@H]4O3)ccc2O[C@@H]2OC(C(C)=O)[C@@H](C)[C@H](C)C2OC(C)=O)C1=O. The number of H-pyrrole nitrogens is 1. The molecule has 36 heteroatoms. The highest BCUT2D eigenvalue weighted by Gasteiger charge is 2.55. The average Bonchev–Trinajstić information content (AvgIpc) is 1.57. The molecule has 9 heterocycles. The van der Waals surface area contributed by atoms with Gasteiger partial charge in [0.15, 0.2) is 53.5 Å². The van der Waals surface area contributed by atoms with Crippen LogP contribution in [0, 0.1) is 18.8 Å². The summed E-state index contributed by atoms with van der Waals surface area (Å²) in [4.78, 5) is 125. The summed E-state index contributed by atoms with van der Waals surface area (Å²) >= 11 is 7.30. The number of ketones is 1. The van der Waals surface area contributed by atoms with E-state index in [9.17, 15) is 38.5 Å². The Balaban J connectivity index is 0.867. The van der Waals surface area contributed by atoms with Crippen molar-refractivity contribution >= 4 is 112 Å². The third-order valence-electron chi connectivity index (χ3n) is 16.5. The van der Waals surface area contributed by atoms with Gasteiger partial charge in [-0.2, -0.15) is 11.8 Å². The number of anilines is 1. The summed E-state index contributed by atoms with van der Waals surface area (Å²) in [5.74, 6) is -2.97. The van der Waals surface area contributed by atoms with Gasteiger partial charge in [-0.25, -0.2) is 38.3 Å². The average molecular weight is 1380 g/mol.